The van der Waals surface area contributed by atoms with Crippen molar-refractivity contribution in [2.75, 3.05) is 26.8 Å². The highest BCUT2D eigenvalue weighted by Gasteiger charge is 2.26. The molecule has 28 heavy (non-hydrogen) atoms. The van der Waals surface area contributed by atoms with Gasteiger partial charge in [0.1, 0.15) is 12.4 Å². The first kappa shape index (κ1) is 20.2. The maximum Gasteiger partial charge on any atom is 0.373 e. The van der Waals surface area contributed by atoms with E-state index in [9.17, 15) is 4.79 Å². The summed E-state index contributed by atoms with van der Waals surface area (Å²) in [6.45, 7) is 7.60. The highest BCUT2D eigenvalue weighted by Crippen LogP contribution is 2.30. The number of nitrogens with two attached hydrogens (primary N) is 1. The molecule has 152 valence electrons. The summed E-state index contributed by atoms with van der Waals surface area (Å²) in [5.74, 6) is 2.01. The van der Waals surface area contributed by atoms with Crippen LogP contribution in [0.15, 0.2) is 34.7 Å². The van der Waals surface area contributed by atoms with E-state index in [4.69, 9.17) is 19.6 Å². The topological polar surface area (TPSA) is 87.2 Å². The SMILES string of the molecule is CCOc1cc(CN2CC(C)C(N)C2)ccc1OCc1ccc(C(=O)OC)o1. The van der Waals surface area contributed by atoms with E-state index in [1.165, 1.54) is 7.11 Å². The monoisotopic (exact) mass is 388 g/mol. The molecule has 0 aliphatic carbocycles. The number of ether oxygens (including phenoxy) is 3. The number of hydrogen-bond acceptors (Lipinski definition) is 7. The molecule has 3 rings (SSSR count). The van der Waals surface area contributed by atoms with Crippen LogP contribution in [0.5, 0.6) is 11.5 Å². The van der Waals surface area contributed by atoms with Crippen LogP contribution in [0.25, 0.3) is 0 Å². The second-order valence-corrected chi connectivity index (χ2v) is 7.10. The fourth-order valence-corrected chi connectivity index (χ4v) is 3.34. The molecular formula is C21H28N2O5. The van der Waals surface area contributed by atoms with Gasteiger partial charge < -0.3 is 24.4 Å². The van der Waals surface area contributed by atoms with E-state index in [2.05, 4.69) is 16.6 Å². The summed E-state index contributed by atoms with van der Waals surface area (Å²) < 4.78 is 21.7. The molecule has 0 spiro atoms. The average Bonchev–Trinajstić information content (AvgIpc) is 3.27. The number of carbonyl (C=O) groups excluding carboxylic acids is 1. The number of hydrogen-bond donors (Lipinski definition) is 1. The number of nitrogens with zero attached hydrogens (tertiary/aromatic N) is 1. The molecule has 1 aliphatic heterocycles. The Morgan fingerprint density at radius 3 is 2.71 bits per heavy atom. The molecule has 2 atom stereocenters. The molecule has 1 fully saturated rings. The van der Waals surface area contributed by atoms with Crippen molar-refractivity contribution >= 4 is 5.97 Å². The number of esters is 1. The Bertz CT molecular complexity index is 794. The number of furan rings is 1. The molecule has 1 saturated heterocycles. The molecule has 0 radical (unpaired) electrons. The lowest BCUT2D eigenvalue weighted by Crippen LogP contribution is -2.28. The molecule has 7 heteroatoms. The Hall–Kier alpha value is -2.51. The van der Waals surface area contributed by atoms with Crippen molar-refractivity contribution < 1.29 is 23.4 Å². The second kappa shape index (κ2) is 9.12. The normalized spacial score (nSPS) is 19.6. The van der Waals surface area contributed by atoms with E-state index in [1.54, 1.807) is 12.1 Å². The van der Waals surface area contributed by atoms with Gasteiger partial charge in [-0.05, 0) is 42.7 Å². The predicted molar refractivity (Wildman–Crippen MR) is 104 cm³/mol. The van der Waals surface area contributed by atoms with E-state index >= 15 is 0 Å². The van der Waals surface area contributed by atoms with Crippen LogP contribution in [-0.2, 0) is 17.9 Å². The molecule has 0 bridgehead atoms. The largest absolute Gasteiger partial charge is 0.490 e. The summed E-state index contributed by atoms with van der Waals surface area (Å²) in [6, 6.07) is 9.45. The zero-order valence-corrected chi connectivity index (χ0v) is 16.6. The predicted octanol–water partition coefficient (Wildman–Crippen LogP) is 2.82. The lowest BCUT2D eigenvalue weighted by Gasteiger charge is -2.17. The zero-order chi connectivity index (χ0) is 20.1. The van der Waals surface area contributed by atoms with Gasteiger partial charge in [0, 0.05) is 25.7 Å². The molecule has 2 unspecified atom stereocenters. The van der Waals surface area contributed by atoms with Crippen molar-refractivity contribution in [3.8, 4) is 11.5 Å². The van der Waals surface area contributed by atoms with E-state index in [-0.39, 0.29) is 18.4 Å². The van der Waals surface area contributed by atoms with E-state index in [1.807, 2.05) is 25.1 Å². The molecule has 2 aromatic rings. The van der Waals surface area contributed by atoms with Gasteiger partial charge in [0.15, 0.2) is 11.5 Å². The van der Waals surface area contributed by atoms with E-state index in [0.29, 0.717) is 29.8 Å². The lowest BCUT2D eigenvalue weighted by atomic mass is 10.1. The summed E-state index contributed by atoms with van der Waals surface area (Å²) in [7, 11) is 1.31. The lowest BCUT2D eigenvalue weighted by molar-refractivity contribution is 0.0561. The van der Waals surface area contributed by atoms with Gasteiger partial charge in [0.2, 0.25) is 5.76 Å². The number of rotatable bonds is 8. The van der Waals surface area contributed by atoms with Crippen LogP contribution in [0, 0.1) is 5.92 Å². The number of likely N-dealkylation sites (tertiary alicyclic amines) is 1. The summed E-state index contributed by atoms with van der Waals surface area (Å²) in [5, 5.41) is 0. The van der Waals surface area contributed by atoms with Gasteiger partial charge in [-0.25, -0.2) is 4.79 Å². The second-order valence-electron chi connectivity index (χ2n) is 7.10. The van der Waals surface area contributed by atoms with Gasteiger partial charge in [-0.15, -0.1) is 0 Å². The molecule has 2 N–H and O–H groups in total. The van der Waals surface area contributed by atoms with Crippen molar-refractivity contribution in [2.24, 2.45) is 11.7 Å². The first-order valence-corrected chi connectivity index (χ1v) is 9.53. The molecule has 0 amide bonds. The maximum absolute atomic E-state index is 11.5. The Morgan fingerprint density at radius 1 is 1.21 bits per heavy atom. The van der Waals surface area contributed by atoms with Crippen molar-refractivity contribution in [2.45, 2.75) is 33.0 Å². The molecule has 1 aromatic carbocycles. The van der Waals surface area contributed by atoms with Gasteiger partial charge in [-0.3, -0.25) is 4.90 Å². The third kappa shape index (κ3) is 4.85. The van der Waals surface area contributed by atoms with Crippen molar-refractivity contribution in [1.82, 2.24) is 4.90 Å². The third-order valence-electron chi connectivity index (χ3n) is 4.88. The number of benzene rings is 1. The van der Waals surface area contributed by atoms with Crippen molar-refractivity contribution in [1.29, 1.82) is 0 Å². The molecule has 7 nitrogen and oxygen atoms in total. The smallest absolute Gasteiger partial charge is 0.373 e. The fraction of sp³-hybridized carbons (Fsp3) is 0.476. The standard InChI is InChI=1S/C21H28N2O5/c1-4-26-20-9-15(11-23-10-14(2)17(22)12-23)5-7-18(20)27-13-16-6-8-19(28-16)21(24)25-3/h5-9,14,17H,4,10-13,22H2,1-3H3. The highest BCUT2D eigenvalue weighted by molar-refractivity contribution is 5.86. The molecular weight excluding hydrogens is 360 g/mol. The number of carbonyl (C=O) groups is 1. The van der Waals surface area contributed by atoms with Crippen LogP contribution in [0.4, 0.5) is 0 Å². The molecule has 2 heterocycles. The fourth-order valence-electron chi connectivity index (χ4n) is 3.34. The minimum Gasteiger partial charge on any atom is -0.490 e. The summed E-state index contributed by atoms with van der Waals surface area (Å²) in [4.78, 5) is 13.8. The Morgan fingerprint density at radius 2 is 2.04 bits per heavy atom. The van der Waals surface area contributed by atoms with Crippen LogP contribution < -0.4 is 15.2 Å². The molecule has 1 aliphatic rings. The molecule has 0 saturated carbocycles. The van der Waals surface area contributed by atoms with E-state index < -0.39 is 5.97 Å². The van der Waals surface area contributed by atoms with Crippen molar-refractivity contribution in [3.63, 3.8) is 0 Å². The number of methoxy groups -OCH3 is 1. The van der Waals surface area contributed by atoms with Gasteiger partial charge >= 0.3 is 5.97 Å². The average molecular weight is 388 g/mol. The summed E-state index contributed by atoms with van der Waals surface area (Å²) in [6.07, 6.45) is 0. The van der Waals surface area contributed by atoms with Crippen LogP contribution in [0.1, 0.15) is 35.7 Å². The zero-order valence-electron chi connectivity index (χ0n) is 16.6. The minimum absolute atomic E-state index is 0.152. The molecule has 1 aromatic heterocycles. The Labute approximate surface area is 165 Å². The highest BCUT2D eigenvalue weighted by atomic mass is 16.5. The summed E-state index contributed by atoms with van der Waals surface area (Å²) >= 11 is 0. The van der Waals surface area contributed by atoms with Gasteiger partial charge in [0.25, 0.3) is 0 Å². The van der Waals surface area contributed by atoms with Crippen LogP contribution in [-0.4, -0.2) is 43.7 Å². The Kier molecular flexibility index (Phi) is 6.59. The van der Waals surface area contributed by atoms with Crippen LogP contribution in [0.2, 0.25) is 0 Å². The Balaban J connectivity index is 1.65. The van der Waals surface area contributed by atoms with Crippen LogP contribution >= 0.6 is 0 Å². The first-order chi connectivity index (χ1) is 13.5. The van der Waals surface area contributed by atoms with Gasteiger partial charge in [0.05, 0.1) is 13.7 Å². The quantitative estimate of drug-likeness (QED) is 0.696. The van der Waals surface area contributed by atoms with Gasteiger partial charge in [-0.1, -0.05) is 13.0 Å². The third-order valence-corrected chi connectivity index (χ3v) is 4.88. The first-order valence-electron chi connectivity index (χ1n) is 9.53. The maximum atomic E-state index is 11.5. The van der Waals surface area contributed by atoms with E-state index in [0.717, 1.165) is 25.2 Å². The minimum atomic E-state index is -0.512. The summed E-state index contributed by atoms with van der Waals surface area (Å²) in [5.41, 5.74) is 7.28. The van der Waals surface area contributed by atoms with Gasteiger partial charge in [-0.2, -0.15) is 0 Å². The van der Waals surface area contributed by atoms with Crippen molar-refractivity contribution in [3.05, 3.63) is 47.4 Å². The van der Waals surface area contributed by atoms with Crippen LogP contribution in [0.3, 0.4) is 0 Å².